The molecule has 18 heavy (non-hydrogen) atoms. The van der Waals surface area contributed by atoms with Gasteiger partial charge in [-0.1, -0.05) is 12.1 Å². The molecule has 1 aromatic rings. The number of nitrogens with zero attached hydrogens (tertiary/aromatic N) is 1. The molecule has 5 heteroatoms. The fourth-order valence-electron chi connectivity index (χ4n) is 2.16. The minimum absolute atomic E-state index is 0.0720. The van der Waals surface area contributed by atoms with Gasteiger partial charge in [0.15, 0.2) is 0 Å². The largest absolute Gasteiger partial charge is 0.361 e. The van der Waals surface area contributed by atoms with Gasteiger partial charge < -0.3 is 15.2 Å². The molecule has 1 amide bonds. The molecule has 100 valence electrons. The van der Waals surface area contributed by atoms with E-state index in [9.17, 15) is 4.79 Å². The Bertz CT molecular complexity index is 404. The molecule has 0 aliphatic heterocycles. The van der Waals surface area contributed by atoms with Crippen LogP contribution in [-0.2, 0) is 4.79 Å². The maximum atomic E-state index is 11.6. The molecule has 2 N–H and O–H groups in total. The van der Waals surface area contributed by atoms with Crippen LogP contribution in [0.15, 0.2) is 4.52 Å². The van der Waals surface area contributed by atoms with Crippen molar-refractivity contribution < 1.29 is 9.32 Å². The molecular weight excluding hydrogens is 230 g/mol. The minimum Gasteiger partial charge on any atom is -0.361 e. The van der Waals surface area contributed by atoms with E-state index in [2.05, 4.69) is 22.7 Å². The summed E-state index contributed by atoms with van der Waals surface area (Å²) in [6, 6.07) is 0.541. The van der Waals surface area contributed by atoms with Crippen LogP contribution < -0.4 is 10.6 Å². The Hall–Kier alpha value is -1.36. The number of hydrogen-bond donors (Lipinski definition) is 2. The Morgan fingerprint density at radius 1 is 1.50 bits per heavy atom. The van der Waals surface area contributed by atoms with Crippen molar-refractivity contribution in [2.75, 3.05) is 6.54 Å². The third-order valence-electron chi connectivity index (χ3n) is 3.30. The van der Waals surface area contributed by atoms with Crippen LogP contribution >= 0.6 is 0 Å². The number of amides is 1. The molecule has 1 aromatic heterocycles. The summed E-state index contributed by atoms with van der Waals surface area (Å²) in [4.78, 5) is 11.6. The lowest BCUT2D eigenvalue weighted by molar-refractivity contribution is -0.120. The van der Waals surface area contributed by atoms with E-state index in [1.165, 1.54) is 0 Å². The Morgan fingerprint density at radius 2 is 2.22 bits per heavy atom. The highest BCUT2D eigenvalue weighted by Crippen LogP contribution is 2.23. The van der Waals surface area contributed by atoms with Gasteiger partial charge in [-0.2, -0.15) is 0 Å². The quantitative estimate of drug-likeness (QED) is 0.806. The van der Waals surface area contributed by atoms with E-state index in [-0.39, 0.29) is 11.9 Å². The van der Waals surface area contributed by atoms with Gasteiger partial charge in [-0.05, 0) is 33.1 Å². The van der Waals surface area contributed by atoms with Gasteiger partial charge in [0.05, 0.1) is 12.2 Å². The molecule has 0 saturated heterocycles. The maximum absolute atomic E-state index is 11.6. The molecule has 0 bridgehead atoms. The van der Waals surface area contributed by atoms with Gasteiger partial charge in [0.1, 0.15) is 5.76 Å². The van der Waals surface area contributed by atoms with E-state index in [1.807, 2.05) is 13.8 Å². The molecule has 0 aromatic carbocycles. The highest BCUT2D eigenvalue weighted by atomic mass is 16.5. The molecule has 1 aliphatic carbocycles. The van der Waals surface area contributed by atoms with Crippen LogP contribution in [0.3, 0.4) is 0 Å². The molecule has 1 aliphatic rings. The molecule has 1 atom stereocenters. The first-order valence-corrected chi connectivity index (χ1v) is 6.57. The van der Waals surface area contributed by atoms with Crippen LogP contribution in [0.4, 0.5) is 0 Å². The van der Waals surface area contributed by atoms with E-state index in [0.29, 0.717) is 12.6 Å². The summed E-state index contributed by atoms with van der Waals surface area (Å²) < 4.78 is 5.17. The van der Waals surface area contributed by atoms with Gasteiger partial charge in [-0.15, -0.1) is 0 Å². The van der Waals surface area contributed by atoms with Crippen molar-refractivity contribution in [3.63, 3.8) is 0 Å². The first-order chi connectivity index (χ1) is 8.61. The topological polar surface area (TPSA) is 67.2 Å². The number of carbonyl (C=O) groups is 1. The van der Waals surface area contributed by atoms with Crippen LogP contribution in [0, 0.1) is 13.8 Å². The van der Waals surface area contributed by atoms with E-state index >= 15 is 0 Å². The predicted molar refractivity (Wildman–Crippen MR) is 68.2 cm³/mol. The van der Waals surface area contributed by atoms with Gasteiger partial charge in [0.2, 0.25) is 5.91 Å². The van der Waals surface area contributed by atoms with E-state index in [1.54, 1.807) is 0 Å². The lowest BCUT2D eigenvalue weighted by Crippen LogP contribution is -2.36. The zero-order valence-corrected chi connectivity index (χ0v) is 11.2. The maximum Gasteiger partial charge on any atom is 0.234 e. The molecule has 0 radical (unpaired) electrons. The predicted octanol–water partition coefficient (Wildman–Crippen LogP) is 1.61. The first-order valence-electron chi connectivity index (χ1n) is 6.57. The average molecular weight is 251 g/mol. The van der Waals surface area contributed by atoms with Crippen molar-refractivity contribution in [3.05, 3.63) is 17.0 Å². The number of aryl methyl sites for hydroxylation is 2. The first kappa shape index (κ1) is 13.1. The van der Waals surface area contributed by atoms with E-state index in [4.69, 9.17) is 4.52 Å². The summed E-state index contributed by atoms with van der Waals surface area (Å²) in [5, 5.41) is 10.2. The average Bonchev–Trinajstić information content (AvgIpc) is 3.09. The van der Waals surface area contributed by atoms with Crippen molar-refractivity contribution in [3.8, 4) is 0 Å². The summed E-state index contributed by atoms with van der Waals surface area (Å²) >= 11 is 0. The molecule has 1 saturated carbocycles. The highest BCUT2D eigenvalue weighted by Gasteiger charge is 2.24. The third-order valence-corrected chi connectivity index (χ3v) is 3.30. The lowest BCUT2D eigenvalue weighted by atomic mass is 10.0. The second kappa shape index (κ2) is 5.52. The summed E-state index contributed by atoms with van der Waals surface area (Å²) in [6.07, 6.45) is 3.14. The Labute approximate surface area is 107 Å². The monoisotopic (exact) mass is 251 g/mol. The fraction of sp³-hybridized carbons (Fsp3) is 0.692. The van der Waals surface area contributed by atoms with Crippen molar-refractivity contribution in [1.82, 2.24) is 15.8 Å². The van der Waals surface area contributed by atoms with Crippen molar-refractivity contribution in [2.24, 2.45) is 0 Å². The SMILES string of the molecule is CC[C@H](NCC(=O)NC1CC1)c1c(C)noc1C. The summed E-state index contributed by atoms with van der Waals surface area (Å²) in [6.45, 7) is 6.27. The lowest BCUT2D eigenvalue weighted by Gasteiger charge is -2.16. The highest BCUT2D eigenvalue weighted by molar-refractivity contribution is 5.78. The summed E-state index contributed by atoms with van der Waals surface area (Å²) in [7, 11) is 0. The van der Waals surface area contributed by atoms with Crippen LogP contribution in [0.5, 0.6) is 0 Å². The molecule has 0 spiro atoms. The molecular formula is C13H21N3O2. The second-order valence-corrected chi connectivity index (χ2v) is 4.92. The number of aromatic nitrogens is 1. The summed E-state index contributed by atoms with van der Waals surface area (Å²) in [5.41, 5.74) is 1.98. The summed E-state index contributed by atoms with van der Waals surface area (Å²) in [5.74, 6) is 0.900. The normalized spacial score (nSPS) is 16.6. The Balaban J connectivity index is 1.90. The smallest absolute Gasteiger partial charge is 0.234 e. The van der Waals surface area contributed by atoms with Gasteiger partial charge in [0.25, 0.3) is 0 Å². The Kier molecular flexibility index (Phi) is 4.01. The zero-order chi connectivity index (χ0) is 13.1. The standard InChI is InChI=1S/C13H21N3O2/c1-4-11(13-8(2)16-18-9(13)3)14-7-12(17)15-10-5-6-10/h10-11,14H,4-7H2,1-3H3,(H,15,17)/t11-/m0/s1. The zero-order valence-electron chi connectivity index (χ0n) is 11.2. The van der Waals surface area contributed by atoms with Gasteiger partial charge >= 0.3 is 0 Å². The number of nitrogens with one attached hydrogen (secondary N) is 2. The number of rotatable bonds is 6. The second-order valence-electron chi connectivity index (χ2n) is 4.92. The minimum atomic E-state index is 0.0720. The molecule has 1 heterocycles. The van der Waals surface area contributed by atoms with Crippen LogP contribution in [0.25, 0.3) is 0 Å². The van der Waals surface area contributed by atoms with Gasteiger partial charge in [-0.25, -0.2) is 0 Å². The molecule has 1 fully saturated rings. The van der Waals surface area contributed by atoms with Crippen molar-refractivity contribution in [1.29, 1.82) is 0 Å². The number of hydrogen-bond acceptors (Lipinski definition) is 4. The van der Waals surface area contributed by atoms with Crippen molar-refractivity contribution in [2.45, 2.75) is 52.1 Å². The number of carbonyl (C=O) groups excluding carboxylic acids is 1. The van der Waals surface area contributed by atoms with Gasteiger partial charge in [0, 0.05) is 17.6 Å². The Morgan fingerprint density at radius 3 is 2.72 bits per heavy atom. The van der Waals surface area contributed by atoms with Crippen LogP contribution in [0.2, 0.25) is 0 Å². The third kappa shape index (κ3) is 3.10. The van der Waals surface area contributed by atoms with Crippen LogP contribution in [0.1, 0.15) is 49.2 Å². The molecule has 0 unspecified atom stereocenters. The van der Waals surface area contributed by atoms with Gasteiger partial charge in [-0.3, -0.25) is 4.79 Å². The van der Waals surface area contributed by atoms with E-state index < -0.39 is 0 Å². The molecule has 2 rings (SSSR count). The fourth-order valence-corrected chi connectivity index (χ4v) is 2.16. The van der Waals surface area contributed by atoms with E-state index in [0.717, 1.165) is 36.3 Å². The molecule has 5 nitrogen and oxygen atoms in total. The van der Waals surface area contributed by atoms with Crippen molar-refractivity contribution >= 4 is 5.91 Å². The van der Waals surface area contributed by atoms with Crippen LogP contribution in [-0.4, -0.2) is 23.7 Å².